The molecule has 1 heterocycles. The molecule has 0 aliphatic heterocycles. The summed E-state index contributed by atoms with van der Waals surface area (Å²) in [5.74, 6) is -3.00. The lowest BCUT2D eigenvalue weighted by atomic mass is 10.1. The molecule has 2 N–H and O–H groups in total. The van der Waals surface area contributed by atoms with Gasteiger partial charge in [-0.15, -0.1) is 11.3 Å². The fourth-order valence-corrected chi connectivity index (χ4v) is 4.21. The number of alkyl halides is 2. The predicted molar refractivity (Wildman–Crippen MR) is 82.5 cm³/mol. The van der Waals surface area contributed by atoms with Crippen molar-refractivity contribution in [1.29, 1.82) is 0 Å². The van der Waals surface area contributed by atoms with Crippen molar-refractivity contribution in [1.82, 2.24) is 5.32 Å². The van der Waals surface area contributed by atoms with Gasteiger partial charge in [0, 0.05) is 11.3 Å². The molecule has 3 rings (SSSR count). The van der Waals surface area contributed by atoms with Gasteiger partial charge in [-0.25, -0.2) is 0 Å². The number of hydrogen-bond donors (Lipinski definition) is 2. The van der Waals surface area contributed by atoms with E-state index >= 15 is 0 Å². The van der Waals surface area contributed by atoms with E-state index in [4.69, 9.17) is 0 Å². The predicted octanol–water partition coefficient (Wildman–Crippen LogP) is 3.45. The van der Waals surface area contributed by atoms with Crippen LogP contribution in [0.15, 0.2) is 40.6 Å². The van der Waals surface area contributed by atoms with Crippen molar-refractivity contribution in [3.63, 3.8) is 0 Å². The van der Waals surface area contributed by atoms with Crippen LogP contribution in [0.2, 0.25) is 0 Å². The molecule has 2 aromatic rings. The summed E-state index contributed by atoms with van der Waals surface area (Å²) in [6.45, 7) is 0. The van der Waals surface area contributed by atoms with Crippen molar-refractivity contribution in [2.24, 2.45) is 0 Å². The van der Waals surface area contributed by atoms with Crippen molar-refractivity contribution in [2.75, 3.05) is 0 Å². The molecule has 1 aromatic heterocycles. The van der Waals surface area contributed by atoms with Crippen molar-refractivity contribution in [2.45, 2.75) is 29.2 Å². The molecule has 0 saturated carbocycles. The number of aliphatic hydroxyl groups excluding tert-OH is 1. The molecule has 0 fully saturated rings. The maximum Gasteiger partial charge on any atom is 0.288 e. The average Bonchev–Trinajstić information content (AvgIpc) is 3.04. The highest BCUT2D eigenvalue weighted by Crippen LogP contribution is 2.34. The first-order chi connectivity index (χ1) is 10.6. The largest absolute Gasteiger partial charge is 0.390 e. The summed E-state index contributed by atoms with van der Waals surface area (Å²) < 4.78 is 25.0. The summed E-state index contributed by atoms with van der Waals surface area (Å²) in [4.78, 5) is 12.9. The molecular formula is C15H13F2NO2S2. The monoisotopic (exact) mass is 341 g/mol. The van der Waals surface area contributed by atoms with Gasteiger partial charge in [0.15, 0.2) is 0 Å². The standard InChI is InChI=1S/C15H13F2NO2S2/c16-15(17)22-11-5-6-21-13(11)14(20)18-12-9-4-2-1-3-8(9)7-10(12)19/h1-6,10,12,15,19H,7H2,(H,18,20)/t10-,12+/m1/s1. The van der Waals surface area contributed by atoms with E-state index in [0.717, 1.165) is 22.5 Å². The highest BCUT2D eigenvalue weighted by molar-refractivity contribution is 7.99. The Bertz CT molecular complexity index is 690. The van der Waals surface area contributed by atoms with Crippen molar-refractivity contribution in [3.8, 4) is 0 Å². The molecule has 1 amide bonds. The molecule has 1 aliphatic rings. The minimum atomic E-state index is -2.57. The second-order valence-electron chi connectivity index (χ2n) is 4.91. The van der Waals surface area contributed by atoms with Crippen LogP contribution in [0.1, 0.15) is 26.8 Å². The van der Waals surface area contributed by atoms with Crippen LogP contribution in [0.5, 0.6) is 0 Å². The van der Waals surface area contributed by atoms with Gasteiger partial charge in [0.25, 0.3) is 11.7 Å². The zero-order valence-corrected chi connectivity index (χ0v) is 13.0. The van der Waals surface area contributed by atoms with Gasteiger partial charge in [0.2, 0.25) is 0 Å². The first-order valence-electron chi connectivity index (χ1n) is 6.65. The number of rotatable bonds is 4. The average molecular weight is 341 g/mol. The van der Waals surface area contributed by atoms with E-state index in [1.54, 1.807) is 5.38 Å². The Morgan fingerprint density at radius 3 is 2.91 bits per heavy atom. The van der Waals surface area contributed by atoms with Crippen molar-refractivity contribution in [3.05, 3.63) is 51.7 Å². The van der Waals surface area contributed by atoms with E-state index in [1.165, 1.54) is 6.07 Å². The van der Waals surface area contributed by atoms with Gasteiger partial charge in [-0.3, -0.25) is 4.79 Å². The van der Waals surface area contributed by atoms with Gasteiger partial charge in [0.1, 0.15) is 4.88 Å². The van der Waals surface area contributed by atoms with Crippen LogP contribution in [-0.2, 0) is 6.42 Å². The van der Waals surface area contributed by atoms with Gasteiger partial charge < -0.3 is 10.4 Å². The van der Waals surface area contributed by atoms with E-state index in [9.17, 15) is 18.7 Å². The Hall–Kier alpha value is -1.44. The minimum absolute atomic E-state index is 0.252. The number of thiophene rings is 1. The molecular weight excluding hydrogens is 328 g/mol. The van der Waals surface area contributed by atoms with Crippen LogP contribution < -0.4 is 5.32 Å². The summed E-state index contributed by atoms with van der Waals surface area (Å²) in [6, 6.07) is 8.50. The van der Waals surface area contributed by atoms with Gasteiger partial charge in [0.05, 0.1) is 12.1 Å². The third-order valence-electron chi connectivity index (χ3n) is 3.54. The lowest BCUT2D eigenvalue weighted by Gasteiger charge is -2.18. The molecule has 1 aromatic carbocycles. The molecule has 0 spiro atoms. The zero-order chi connectivity index (χ0) is 15.7. The van der Waals surface area contributed by atoms with Crippen molar-refractivity contribution < 1.29 is 18.7 Å². The molecule has 22 heavy (non-hydrogen) atoms. The second kappa shape index (κ2) is 6.36. The Morgan fingerprint density at radius 2 is 2.14 bits per heavy atom. The Balaban J connectivity index is 1.79. The van der Waals surface area contributed by atoms with Crippen molar-refractivity contribution >= 4 is 29.0 Å². The summed E-state index contributed by atoms with van der Waals surface area (Å²) in [5.41, 5.74) is 1.87. The highest BCUT2D eigenvalue weighted by atomic mass is 32.2. The molecule has 0 bridgehead atoms. The number of nitrogens with one attached hydrogen (secondary N) is 1. The van der Waals surface area contributed by atoms with E-state index in [-0.39, 0.29) is 9.77 Å². The maximum absolute atomic E-state index is 12.5. The number of carbonyl (C=O) groups excluding carboxylic acids is 1. The van der Waals surface area contributed by atoms with E-state index in [1.807, 2.05) is 24.3 Å². The lowest BCUT2D eigenvalue weighted by Crippen LogP contribution is -2.33. The fraction of sp³-hybridized carbons (Fsp3) is 0.267. The maximum atomic E-state index is 12.5. The highest BCUT2D eigenvalue weighted by Gasteiger charge is 2.32. The summed E-state index contributed by atoms with van der Waals surface area (Å²) in [7, 11) is 0. The molecule has 0 saturated heterocycles. The smallest absolute Gasteiger partial charge is 0.288 e. The molecule has 2 atom stereocenters. The van der Waals surface area contributed by atoms with Crippen LogP contribution in [0, 0.1) is 0 Å². The molecule has 0 unspecified atom stereocenters. The van der Waals surface area contributed by atoms with E-state index < -0.39 is 23.8 Å². The number of carbonyl (C=O) groups is 1. The topological polar surface area (TPSA) is 49.3 Å². The van der Waals surface area contributed by atoms with Crippen LogP contribution in [0.25, 0.3) is 0 Å². The van der Waals surface area contributed by atoms with E-state index in [0.29, 0.717) is 18.2 Å². The number of benzene rings is 1. The molecule has 3 nitrogen and oxygen atoms in total. The third kappa shape index (κ3) is 3.02. The molecule has 7 heteroatoms. The third-order valence-corrected chi connectivity index (χ3v) is 5.36. The van der Waals surface area contributed by atoms with Gasteiger partial charge in [-0.1, -0.05) is 36.0 Å². The van der Waals surface area contributed by atoms with E-state index in [2.05, 4.69) is 5.32 Å². The van der Waals surface area contributed by atoms with Gasteiger partial charge in [-0.2, -0.15) is 8.78 Å². The fourth-order valence-electron chi connectivity index (χ4n) is 2.61. The van der Waals surface area contributed by atoms with Gasteiger partial charge in [-0.05, 0) is 22.6 Å². The lowest BCUT2D eigenvalue weighted by molar-refractivity contribution is 0.0859. The minimum Gasteiger partial charge on any atom is -0.390 e. The SMILES string of the molecule is O=C(N[C@H]1c2ccccc2C[C@H]1O)c1sccc1SC(F)F. The molecule has 0 radical (unpaired) electrons. The van der Waals surface area contributed by atoms with Crippen LogP contribution in [0.4, 0.5) is 8.78 Å². The molecule has 1 aliphatic carbocycles. The number of hydrogen-bond acceptors (Lipinski definition) is 4. The zero-order valence-electron chi connectivity index (χ0n) is 11.3. The second-order valence-corrected chi connectivity index (χ2v) is 6.86. The number of halogens is 2. The number of thioether (sulfide) groups is 1. The summed E-state index contributed by atoms with van der Waals surface area (Å²) >= 11 is 1.48. The Morgan fingerprint density at radius 1 is 1.36 bits per heavy atom. The molecule has 116 valence electrons. The first-order valence-corrected chi connectivity index (χ1v) is 8.41. The number of fused-ring (bicyclic) bond motifs is 1. The van der Waals surface area contributed by atoms with Crippen LogP contribution in [0.3, 0.4) is 0 Å². The summed E-state index contributed by atoms with van der Waals surface area (Å²) in [5, 5.41) is 14.5. The van der Waals surface area contributed by atoms with Crippen LogP contribution >= 0.6 is 23.1 Å². The summed E-state index contributed by atoms with van der Waals surface area (Å²) in [6.07, 6.45) is -0.225. The normalized spacial score (nSPS) is 20.2. The Kier molecular flexibility index (Phi) is 4.46. The first kappa shape index (κ1) is 15.5. The quantitative estimate of drug-likeness (QED) is 0.838. The van der Waals surface area contributed by atoms with Crippen LogP contribution in [-0.4, -0.2) is 22.9 Å². The van der Waals surface area contributed by atoms with Gasteiger partial charge >= 0.3 is 0 Å². The Labute approximate surface area is 134 Å². The number of aliphatic hydroxyl groups is 1. The number of amides is 1.